The van der Waals surface area contributed by atoms with E-state index in [0.29, 0.717) is 16.7 Å². The normalized spacial score (nSPS) is 11.8. The molecule has 2 heterocycles. The molecular weight excluding hydrogens is 461 g/mol. The number of fused-ring (bicyclic) bond motifs is 1. The van der Waals surface area contributed by atoms with Gasteiger partial charge in [0.1, 0.15) is 0 Å². The first-order valence-electron chi connectivity index (χ1n) is 10.4. The van der Waals surface area contributed by atoms with E-state index in [1.54, 1.807) is 0 Å². The second-order valence-corrected chi connectivity index (χ2v) is 10.8. The lowest BCUT2D eigenvalue weighted by Gasteiger charge is -2.15. The van der Waals surface area contributed by atoms with Gasteiger partial charge in [-0.3, -0.25) is 4.79 Å². The predicted molar refractivity (Wildman–Crippen MR) is 135 cm³/mol. The number of aromatic nitrogens is 2. The van der Waals surface area contributed by atoms with Gasteiger partial charge in [0.25, 0.3) is 0 Å². The molecule has 0 saturated carbocycles. The number of halogens is 2. The highest BCUT2D eigenvalue weighted by Gasteiger charge is 2.17. The Hall–Kier alpha value is -2.34. The van der Waals surface area contributed by atoms with E-state index in [9.17, 15) is 4.79 Å². The van der Waals surface area contributed by atoms with Crippen LogP contribution < -0.4 is 5.32 Å². The van der Waals surface area contributed by atoms with Crippen molar-refractivity contribution in [2.75, 3.05) is 5.32 Å². The molecule has 4 nitrogen and oxygen atoms in total. The summed E-state index contributed by atoms with van der Waals surface area (Å²) in [5, 5.41) is 7.92. The summed E-state index contributed by atoms with van der Waals surface area (Å²) < 4.78 is 2.11. The SMILES string of the molecule is CC(C)(C)Cc1csc(NC(=O)Cc2cn(Cc3ccccc3Cl)c3ccc(Cl)cc23)n1. The fraction of sp³-hybridized carbons (Fsp3) is 0.280. The van der Waals surface area contributed by atoms with Crippen LogP contribution in [0.4, 0.5) is 5.13 Å². The number of amides is 1. The summed E-state index contributed by atoms with van der Waals surface area (Å²) in [6.45, 7) is 7.14. The number of anilines is 1. The summed E-state index contributed by atoms with van der Waals surface area (Å²) in [5.74, 6) is -0.0987. The number of carbonyl (C=O) groups excluding carboxylic acids is 1. The van der Waals surface area contributed by atoms with Crippen molar-refractivity contribution in [1.82, 2.24) is 9.55 Å². The molecule has 0 aliphatic rings. The highest BCUT2D eigenvalue weighted by atomic mass is 35.5. The van der Waals surface area contributed by atoms with Crippen molar-refractivity contribution < 1.29 is 4.79 Å². The Kier molecular flexibility index (Phi) is 6.61. The van der Waals surface area contributed by atoms with Gasteiger partial charge in [-0.05, 0) is 47.2 Å². The van der Waals surface area contributed by atoms with Crippen molar-refractivity contribution in [2.45, 2.75) is 40.2 Å². The van der Waals surface area contributed by atoms with Crippen LogP contribution in [0.1, 0.15) is 37.6 Å². The molecule has 7 heteroatoms. The Morgan fingerprint density at radius 3 is 2.66 bits per heavy atom. The quantitative estimate of drug-likeness (QED) is 0.313. The molecule has 0 spiro atoms. The summed E-state index contributed by atoms with van der Waals surface area (Å²) in [4.78, 5) is 17.4. The Morgan fingerprint density at radius 2 is 1.91 bits per heavy atom. The van der Waals surface area contributed by atoms with Crippen LogP contribution in [0, 0.1) is 5.41 Å². The lowest BCUT2D eigenvalue weighted by molar-refractivity contribution is -0.115. The molecule has 0 unspecified atom stereocenters. The van der Waals surface area contributed by atoms with Crippen LogP contribution >= 0.6 is 34.5 Å². The molecule has 4 aromatic rings. The number of thiazole rings is 1. The molecule has 2 aromatic heterocycles. The zero-order valence-corrected chi connectivity index (χ0v) is 20.6. The number of hydrogen-bond donors (Lipinski definition) is 1. The van der Waals surface area contributed by atoms with Crippen molar-refractivity contribution in [3.63, 3.8) is 0 Å². The number of hydrogen-bond acceptors (Lipinski definition) is 3. The Balaban J connectivity index is 1.55. The van der Waals surface area contributed by atoms with E-state index < -0.39 is 0 Å². The van der Waals surface area contributed by atoms with Crippen molar-refractivity contribution in [3.05, 3.63) is 80.9 Å². The molecule has 0 aliphatic heterocycles. The molecule has 1 N–H and O–H groups in total. The van der Waals surface area contributed by atoms with Gasteiger partial charge in [-0.25, -0.2) is 4.98 Å². The minimum absolute atomic E-state index is 0.0987. The third kappa shape index (κ3) is 5.52. The van der Waals surface area contributed by atoms with Gasteiger partial charge in [-0.15, -0.1) is 11.3 Å². The Morgan fingerprint density at radius 1 is 1.12 bits per heavy atom. The van der Waals surface area contributed by atoms with Crippen molar-refractivity contribution >= 4 is 56.5 Å². The molecule has 0 radical (unpaired) electrons. The third-order valence-electron chi connectivity index (χ3n) is 5.08. The fourth-order valence-electron chi connectivity index (χ4n) is 3.75. The number of nitrogens with one attached hydrogen (secondary N) is 1. The zero-order valence-electron chi connectivity index (χ0n) is 18.3. The molecule has 32 heavy (non-hydrogen) atoms. The highest BCUT2D eigenvalue weighted by molar-refractivity contribution is 7.13. The molecule has 0 atom stereocenters. The van der Waals surface area contributed by atoms with Crippen LogP contribution in [0.3, 0.4) is 0 Å². The molecule has 1 amide bonds. The second-order valence-electron chi connectivity index (χ2n) is 9.14. The molecule has 0 saturated heterocycles. The Bertz CT molecular complexity index is 1270. The molecule has 0 fully saturated rings. The van der Waals surface area contributed by atoms with Gasteiger partial charge < -0.3 is 9.88 Å². The first-order chi connectivity index (χ1) is 15.2. The van der Waals surface area contributed by atoms with E-state index in [1.165, 1.54) is 11.3 Å². The van der Waals surface area contributed by atoms with E-state index in [2.05, 4.69) is 35.6 Å². The van der Waals surface area contributed by atoms with Gasteiger partial charge >= 0.3 is 0 Å². The number of rotatable bonds is 6. The monoisotopic (exact) mass is 485 g/mol. The summed E-state index contributed by atoms with van der Waals surface area (Å²) in [5.41, 5.74) is 4.10. The molecule has 0 aliphatic carbocycles. The Labute approximate surface area is 202 Å². The van der Waals surface area contributed by atoms with E-state index in [0.717, 1.165) is 39.2 Å². The first kappa shape index (κ1) is 22.8. The topological polar surface area (TPSA) is 46.9 Å². The predicted octanol–water partition coefficient (Wildman–Crippen LogP) is 7.22. The minimum atomic E-state index is -0.0987. The standard InChI is InChI=1S/C25H25Cl2N3OS/c1-25(2,3)12-19-15-32-24(28-19)29-23(31)10-17-14-30(13-16-6-4-5-7-21(16)27)22-9-8-18(26)11-20(17)22/h4-9,11,14-15H,10,12-13H2,1-3H3,(H,28,29,31). The lowest BCUT2D eigenvalue weighted by atomic mass is 9.91. The second kappa shape index (κ2) is 9.26. The van der Waals surface area contributed by atoms with Gasteiger partial charge in [0.15, 0.2) is 5.13 Å². The lowest BCUT2D eigenvalue weighted by Crippen LogP contribution is -2.14. The average Bonchev–Trinajstić information content (AvgIpc) is 3.26. The first-order valence-corrected chi connectivity index (χ1v) is 12.1. The largest absolute Gasteiger partial charge is 0.343 e. The molecular formula is C25H25Cl2N3OS. The number of benzene rings is 2. The summed E-state index contributed by atoms with van der Waals surface area (Å²) in [7, 11) is 0. The third-order valence-corrected chi connectivity index (χ3v) is 6.50. The number of nitrogens with zero attached hydrogens (tertiary/aromatic N) is 2. The van der Waals surface area contributed by atoms with Crippen molar-refractivity contribution in [3.8, 4) is 0 Å². The summed E-state index contributed by atoms with van der Waals surface area (Å²) >= 11 is 14.1. The van der Waals surface area contributed by atoms with E-state index in [4.69, 9.17) is 23.2 Å². The van der Waals surface area contributed by atoms with Crippen LogP contribution in [-0.2, 0) is 24.2 Å². The van der Waals surface area contributed by atoms with Gasteiger partial charge in [0.2, 0.25) is 5.91 Å². The fourth-order valence-corrected chi connectivity index (χ4v) is 4.84. The summed E-state index contributed by atoms with van der Waals surface area (Å²) in [6.07, 6.45) is 3.12. The molecule has 2 aromatic carbocycles. The van der Waals surface area contributed by atoms with Crippen LogP contribution in [0.15, 0.2) is 54.0 Å². The van der Waals surface area contributed by atoms with Gasteiger partial charge in [-0.1, -0.05) is 62.2 Å². The van der Waals surface area contributed by atoms with Crippen molar-refractivity contribution in [2.24, 2.45) is 5.41 Å². The highest BCUT2D eigenvalue weighted by Crippen LogP contribution is 2.28. The van der Waals surface area contributed by atoms with Gasteiger partial charge in [0, 0.05) is 39.1 Å². The smallest absolute Gasteiger partial charge is 0.230 e. The number of carbonyl (C=O) groups is 1. The molecule has 0 bridgehead atoms. The maximum Gasteiger partial charge on any atom is 0.230 e. The van der Waals surface area contributed by atoms with Gasteiger partial charge in [0.05, 0.1) is 12.1 Å². The van der Waals surface area contributed by atoms with Crippen LogP contribution in [-0.4, -0.2) is 15.5 Å². The van der Waals surface area contributed by atoms with Crippen LogP contribution in [0.2, 0.25) is 10.0 Å². The van der Waals surface area contributed by atoms with Crippen LogP contribution in [0.5, 0.6) is 0 Å². The maximum absolute atomic E-state index is 12.8. The molecule has 4 rings (SSSR count). The van der Waals surface area contributed by atoms with E-state index in [1.807, 2.05) is 54.0 Å². The van der Waals surface area contributed by atoms with E-state index >= 15 is 0 Å². The maximum atomic E-state index is 12.8. The van der Waals surface area contributed by atoms with Crippen LogP contribution in [0.25, 0.3) is 10.9 Å². The average molecular weight is 486 g/mol. The summed E-state index contributed by atoms with van der Waals surface area (Å²) in [6, 6.07) is 13.5. The van der Waals surface area contributed by atoms with E-state index in [-0.39, 0.29) is 17.7 Å². The zero-order chi connectivity index (χ0) is 22.9. The minimum Gasteiger partial charge on any atom is -0.343 e. The van der Waals surface area contributed by atoms with Crippen molar-refractivity contribution in [1.29, 1.82) is 0 Å². The molecule has 166 valence electrons. The van der Waals surface area contributed by atoms with Gasteiger partial charge in [-0.2, -0.15) is 0 Å².